The van der Waals surface area contributed by atoms with Gasteiger partial charge in [-0.05, 0) is 67.3 Å². The van der Waals surface area contributed by atoms with Crippen LogP contribution in [-0.2, 0) is 17.8 Å². The Labute approximate surface area is 221 Å². The molecule has 0 saturated heterocycles. The molecule has 0 aliphatic carbocycles. The second-order valence-corrected chi connectivity index (χ2v) is 9.61. The summed E-state index contributed by atoms with van der Waals surface area (Å²) in [6.45, 7) is 6.18. The van der Waals surface area contributed by atoms with Gasteiger partial charge in [0.1, 0.15) is 11.5 Å². The van der Waals surface area contributed by atoms with Gasteiger partial charge in [0.2, 0.25) is 5.91 Å². The third-order valence-corrected chi connectivity index (χ3v) is 6.79. The number of unbranched alkanes of at least 4 members (excludes halogenated alkanes) is 4. The van der Waals surface area contributed by atoms with E-state index in [1.807, 2.05) is 41.3 Å². The molecule has 0 fully saturated rings. The highest BCUT2D eigenvalue weighted by molar-refractivity contribution is 5.94. The van der Waals surface area contributed by atoms with Crippen molar-refractivity contribution in [1.82, 2.24) is 9.55 Å². The minimum absolute atomic E-state index is 0.167. The van der Waals surface area contributed by atoms with Crippen molar-refractivity contribution in [2.45, 2.75) is 71.8 Å². The SMILES string of the molecule is CCCCCN(C(=O)CCc1cn(CCCCC)c2ccccc12)c1ccc(Oc2cccnc2)cc1. The molecule has 0 bridgehead atoms. The number of pyridine rings is 1. The van der Waals surface area contributed by atoms with Crippen LogP contribution in [0.25, 0.3) is 10.9 Å². The number of rotatable bonds is 14. The van der Waals surface area contributed by atoms with E-state index in [2.05, 4.69) is 53.9 Å². The number of hydrogen-bond acceptors (Lipinski definition) is 3. The second-order valence-electron chi connectivity index (χ2n) is 9.61. The molecular weight excluding hydrogens is 458 g/mol. The van der Waals surface area contributed by atoms with Crippen molar-refractivity contribution in [2.24, 2.45) is 0 Å². The predicted molar refractivity (Wildman–Crippen MR) is 152 cm³/mol. The molecule has 0 radical (unpaired) electrons. The van der Waals surface area contributed by atoms with Crippen LogP contribution in [-0.4, -0.2) is 22.0 Å². The summed E-state index contributed by atoms with van der Waals surface area (Å²) in [4.78, 5) is 19.6. The molecule has 4 aromatic rings. The third-order valence-electron chi connectivity index (χ3n) is 6.79. The summed E-state index contributed by atoms with van der Waals surface area (Å²) in [5, 5.41) is 1.27. The Morgan fingerprint density at radius 2 is 1.68 bits per heavy atom. The fourth-order valence-corrected chi connectivity index (χ4v) is 4.77. The summed E-state index contributed by atoms with van der Waals surface area (Å²) < 4.78 is 8.25. The van der Waals surface area contributed by atoms with Crippen LogP contribution >= 0.6 is 0 Å². The van der Waals surface area contributed by atoms with Crippen LogP contribution in [0.2, 0.25) is 0 Å². The summed E-state index contributed by atoms with van der Waals surface area (Å²) in [5.74, 6) is 1.59. The summed E-state index contributed by atoms with van der Waals surface area (Å²) >= 11 is 0. The lowest BCUT2D eigenvalue weighted by molar-refractivity contribution is -0.118. The van der Waals surface area contributed by atoms with Crippen LogP contribution in [0, 0.1) is 0 Å². The number of amides is 1. The molecule has 1 amide bonds. The van der Waals surface area contributed by atoms with Crippen LogP contribution in [0.4, 0.5) is 5.69 Å². The van der Waals surface area contributed by atoms with Crippen molar-refractivity contribution in [3.8, 4) is 11.5 Å². The Hall–Kier alpha value is -3.60. The summed E-state index contributed by atoms with van der Waals surface area (Å²) in [5.41, 5.74) is 3.45. The molecule has 0 saturated carbocycles. The summed E-state index contributed by atoms with van der Waals surface area (Å²) in [6.07, 6.45) is 13.8. The first-order chi connectivity index (χ1) is 18.2. The molecule has 4 rings (SSSR count). The van der Waals surface area contributed by atoms with Crippen LogP contribution in [0.5, 0.6) is 11.5 Å². The van der Waals surface area contributed by atoms with E-state index in [-0.39, 0.29) is 5.91 Å². The molecule has 37 heavy (non-hydrogen) atoms. The van der Waals surface area contributed by atoms with E-state index in [4.69, 9.17) is 4.74 Å². The van der Waals surface area contributed by atoms with E-state index >= 15 is 0 Å². The number of aromatic nitrogens is 2. The number of ether oxygens (including phenoxy) is 1. The molecule has 194 valence electrons. The van der Waals surface area contributed by atoms with Crippen molar-refractivity contribution >= 4 is 22.5 Å². The van der Waals surface area contributed by atoms with Gasteiger partial charge in [0.15, 0.2) is 0 Å². The average molecular weight is 498 g/mol. The molecule has 0 aliphatic rings. The van der Waals surface area contributed by atoms with E-state index in [1.165, 1.54) is 35.7 Å². The van der Waals surface area contributed by atoms with Crippen molar-refractivity contribution in [2.75, 3.05) is 11.4 Å². The number of aryl methyl sites for hydroxylation is 2. The number of para-hydroxylation sites is 1. The number of nitrogens with zero attached hydrogens (tertiary/aromatic N) is 3. The lowest BCUT2D eigenvalue weighted by Crippen LogP contribution is -2.32. The fourth-order valence-electron chi connectivity index (χ4n) is 4.77. The molecule has 2 aromatic carbocycles. The predicted octanol–water partition coefficient (Wildman–Crippen LogP) is 8.17. The molecule has 0 N–H and O–H groups in total. The minimum Gasteiger partial charge on any atom is -0.456 e. The van der Waals surface area contributed by atoms with Gasteiger partial charge in [-0.1, -0.05) is 57.7 Å². The van der Waals surface area contributed by atoms with E-state index in [9.17, 15) is 4.79 Å². The van der Waals surface area contributed by atoms with Crippen molar-refractivity contribution < 1.29 is 9.53 Å². The Kier molecular flexibility index (Phi) is 9.75. The van der Waals surface area contributed by atoms with Gasteiger partial charge in [0.25, 0.3) is 0 Å². The Balaban J connectivity index is 1.46. The van der Waals surface area contributed by atoms with Crippen LogP contribution in [0.1, 0.15) is 64.4 Å². The number of fused-ring (bicyclic) bond motifs is 1. The molecule has 0 atom stereocenters. The standard InChI is InChI=1S/C32H39N3O2/c1-3-5-9-22-34-25-26(30-13-7-8-14-31(30)34)15-20-32(36)35(23-10-6-4-2)27-16-18-28(19-17-27)37-29-12-11-21-33-24-29/h7-8,11-14,16-19,21,24-25H,3-6,9-10,15,20,22-23H2,1-2H3. The van der Waals surface area contributed by atoms with Gasteiger partial charge in [-0.25, -0.2) is 0 Å². The molecule has 0 spiro atoms. The molecule has 2 heterocycles. The fraction of sp³-hybridized carbons (Fsp3) is 0.375. The van der Waals surface area contributed by atoms with Gasteiger partial charge in [0.05, 0.1) is 6.20 Å². The lowest BCUT2D eigenvalue weighted by atomic mass is 10.1. The average Bonchev–Trinajstić information content (AvgIpc) is 3.29. The Morgan fingerprint density at radius 3 is 2.43 bits per heavy atom. The first-order valence-electron chi connectivity index (χ1n) is 13.7. The van der Waals surface area contributed by atoms with E-state index < -0.39 is 0 Å². The number of benzene rings is 2. The summed E-state index contributed by atoms with van der Waals surface area (Å²) in [7, 11) is 0. The zero-order valence-corrected chi connectivity index (χ0v) is 22.2. The molecule has 0 unspecified atom stereocenters. The monoisotopic (exact) mass is 497 g/mol. The lowest BCUT2D eigenvalue weighted by Gasteiger charge is -2.23. The topological polar surface area (TPSA) is 47.4 Å². The maximum absolute atomic E-state index is 13.5. The molecule has 2 aromatic heterocycles. The van der Waals surface area contributed by atoms with E-state index in [0.717, 1.165) is 50.2 Å². The van der Waals surface area contributed by atoms with Crippen molar-refractivity contribution in [1.29, 1.82) is 0 Å². The van der Waals surface area contributed by atoms with Crippen LogP contribution < -0.4 is 9.64 Å². The van der Waals surface area contributed by atoms with Crippen LogP contribution in [0.3, 0.4) is 0 Å². The number of carbonyl (C=O) groups is 1. The quantitative estimate of drug-likeness (QED) is 0.165. The second kappa shape index (κ2) is 13.6. The normalized spacial score (nSPS) is 11.1. The number of anilines is 1. The first-order valence-corrected chi connectivity index (χ1v) is 13.7. The van der Waals surface area contributed by atoms with Gasteiger partial charge in [-0.2, -0.15) is 0 Å². The minimum atomic E-state index is 0.167. The maximum atomic E-state index is 13.5. The van der Waals surface area contributed by atoms with Gasteiger partial charge in [-0.3, -0.25) is 9.78 Å². The maximum Gasteiger partial charge on any atom is 0.227 e. The Bertz CT molecular complexity index is 1250. The number of carbonyl (C=O) groups excluding carboxylic acids is 1. The zero-order valence-electron chi connectivity index (χ0n) is 22.2. The number of hydrogen-bond donors (Lipinski definition) is 0. The van der Waals surface area contributed by atoms with E-state index in [1.54, 1.807) is 12.4 Å². The molecule has 5 nitrogen and oxygen atoms in total. The van der Waals surface area contributed by atoms with Gasteiger partial charge in [-0.15, -0.1) is 0 Å². The molecule has 5 heteroatoms. The smallest absolute Gasteiger partial charge is 0.227 e. The van der Waals surface area contributed by atoms with Crippen LogP contribution in [0.15, 0.2) is 79.3 Å². The van der Waals surface area contributed by atoms with Gasteiger partial charge >= 0.3 is 0 Å². The van der Waals surface area contributed by atoms with E-state index in [0.29, 0.717) is 12.2 Å². The summed E-state index contributed by atoms with van der Waals surface area (Å²) in [6, 6.07) is 20.1. The van der Waals surface area contributed by atoms with Gasteiger partial charge < -0.3 is 14.2 Å². The highest BCUT2D eigenvalue weighted by atomic mass is 16.5. The van der Waals surface area contributed by atoms with Gasteiger partial charge in [0, 0.05) is 48.5 Å². The highest BCUT2D eigenvalue weighted by Gasteiger charge is 2.17. The highest BCUT2D eigenvalue weighted by Crippen LogP contribution is 2.27. The first kappa shape index (κ1) is 26.5. The molecular formula is C32H39N3O2. The largest absolute Gasteiger partial charge is 0.456 e. The Morgan fingerprint density at radius 1 is 0.892 bits per heavy atom. The van der Waals surface area contributed by atoms with Crippen molar-refractivity contribution in [3.63, 3.8) is 0 Å². The zero-order chi connectivity index (χ0) is 25.9. The molecule has 0 aliphatic heterocycles. The van der Waals surface area contributed by atoms with Crippen molar-refractivity contribution in [3.05, 3.63) is 84.8 Å². The third kappa shape index (κ3) is 7.22.